The molecule has 0 amide bonds. The van der Waals surface area contributed by atoms with Crippen LogP contribution in [0.5, 0.6) is 0 Å². The molecule has 2 aromatic carbocycles. The lowest BCUT2D eigenvalue weighted by molar-refractivity contribution is 0.232. The highest BCUT2D eigenvalue weighted by Crippen LogP contribution is 2.32. The van der Waals surface area contributed by atoms with Crippen molar-refractivity contribution in [1.29, 1.82) is 0 Å². The lowest BCUT2D eigenvalue weighted by Gasteiger charge is -2.24. The molecule has 0 bridgehead atoms. The third kappa shape index (κ3) is 2.19. The molecule has 0 saturated carbocycles. The molecule has 0 aliphatic carbocycles. The van der Waals surface area contributed by atoms with Gasteiger partial charge in [-0.15, -0.1) is 0 Å². The van der Waals surface area contributed by atoms with Crippen LogP contribution in [0.2, 0.25) is 0 Å². The van der Waals surface area contributed by atoms with Crippen molar-refractivity contribution < 1.29 is 8.78 Å². The lowest BCUT2D eigenvalue weighted by atomic mass is 9.88. The maximum Gasteiger partial charge on any atom is 0.173 e. The molecular weight excluding hydrogens is 220 g/mol. The number of hydrogen-bond acceptors (Lipinski definition) is 1. The molecule has 2 rings (SSSR count). The van der Waals surface area contributed by atoms with Gasteiger partial charge in [-0.25, -0.2) is 8.78 Å². The summed E-state index contributed by atoms with van der Waals surface area (Å²) in [5, 5.41) is 0. The van der Waals surface area contributed by atoms with E-state index in [4.69, 9.17) is 5.73 Å². The molecule has 0 saturated heterocycles. The van der Waals surface area contributed by atoms with Gasteiger partial charge >= 0.3 is 0 Å². The van der Waals surface area contributed by atoms with E-state index in [1.54, 1.807) is 24.3 Å². The molecule has 0 fully saturated rings. The molecule has 17 heavy (non-hydrogen) atoms. The predicted molar refractivity (Wildman–Crippen MR) is 63.8 cm³/mol. The van der Waals surface area contributed by atoms with Crippen molar-refractivity contribution in [1.82, 2.24) is 0 Å². The van der Waals surface area contributed by atoms with Crippen molar-refractivity contribution in [2.45, 2.75) is 5.67 Å². The third-order valence-electron chi connectivity index (χ3n) is 2.81. The second kappa shape index (κ2) is 4.63. The summed E-state index contributed by atoms with van der Waals surface area (Å²) in [6, 6.07) is 14.0. The van der Waals surface area contributed by atoms with Crippen LogP contribution in [0.3, 0.4) is 0 Å². The van der Waals surface area contributed by atoms with Gasteiger partial charge in [-0.2, -0.15) is 0 Å². The second-order valence-corrected chi connectivity index (χ2v) is 3.88. The van der Waals surface area contributed by atoms with Crippen molar-refractivity contribution in [3.05, 3.63) is 71.5 Å². The Morgan fingerprint density at radius 3 is 1.94 bits per heavy atom. The molecule has 0 aliphatic heterocycles. The molecule has 0 aliphatic rings. The largest absolute Gasteiger partial charge is 0.327 e. The van der Waals surface area contributed by atoms with Crippen LogP contribution in [-0.4, -0.2) is 6.54 Å². The minimum atomic E-state index is -1.77. The van der Waals surface area contributed by atoms with Gasteiger partial charge < -0.3 is 5.73 Å². The maximum absolute atomic E-state index is 14.9. The normalized spacial score (nSPS) is 14.3. The molecule has 1 unspecified atom stereocenters. The Kier molecular flexibility index (Phi) is 3.20. The Morgan fingerprint density at radius 1 is 0.882 bits per heavy atom. The highest BCUT2D eigenvalue weighted by molar-refractivity contribution is 5.36. The van der Waals surface area contributed by atoms with Gasteiger partial charge in [0.2, 0.25) is 0 Å². The zero-order chi connectivity index (χ0) is 12.3. The molecule has 0 radical (unpaired) electrons. The fourth-order valence-electron chi connectivity index (χ4n) is 1.82. The van der Waals surface area contributed by atoms with Crippen LogP contribution in [0.1, 0.15) is 11.1 Å². The summed E-state index contributed by atoms with van der Waals surface area (Å²) in [5.41, 5.74) is 4.62. The van der Waals surface area contributed by atoms with Gasteiger partial charge in [-0.1, -0.05) is 42.5 Å². The molecule has 0 heterocycles. The van der Waals surface area contributed by atoms with E-state index in [2.05, 4.69) is 0 Å². The van der Waals surface area contributed by atoms with Crippen LogP contribution >= 0.6 is 0 Å². The Balaban J connectivity index is 2.48. The first-order valence-electron chi connectivity index (χ1n) is 5.37. The van der Waals surface area contributed by atoms with E-state index >= 15 is 0 Å². The van der Waals surface area contributed by atoms with Gasteiger partial charge in [-0.3, -0.25) is 0 Å². The molecule has 2 aromatic rings. The summed E-state index contributed by atoms with van der Waals surface area (Å²) in [5.74, 6) is -0.388. The minimum absolute atomic E-state index is 0.178. The molecule has 1 nitrogen and oxygen atoms in total. The average molecular weight is 233 g/mol. The summed E-state index contributed by atoms with van der Waals surface area (Å²) in [6.07, 6.45) is 0. The lowest BCUT2D eigenvalue weighted by Crippen LogP contribution is -2.31. The Bertz CT molecular complexity index is 481. The van der Waals surface area contributed by atoms with E-state index in [-0.39, 0.29) is 12.4 Å². The van der Waals surface area contributed by atoms with Crippen molar-refractivity contribution >= 4 is 0 Å². The van der Waals surface area contributed by atoms with Crippen molar-refractivity contribution in [2.75, 3.05) is 6.54 Å². The highest BCUT2D eigenvalue weighted by atomic mass is 19.1. The smallest absolute Gasteiger partial charge is 0.173 e. The van der Waals surface area contributed by atoms with E-state index in [0.717, 1.165) is 0 Å². The van der Waals surface area contributed by atoms with Gasteiger partial charge in [0.25, 0.3) is 0 Å². The van der Waals surface area contributed by atoms with Gasteiger partial charge in [0, 0.05) is 6.54 Å². The van der Waals surface area contributed by atoms with Gasteiger partial charge in [0.15, 0.2) is 5.67 Å². The highest BCUT2D eigenvalue weighted by Gasteiger charge is 2.32. The van der Waals surface area contributed by atoms with Gasteiger partial charge in [0.05, 0.1) is 0 Å². The first-order valence-corrected chi connectivity index (χ1v) is 5.37. The molecule has 2 N–H and O–H groups in total. The average Bonchev–Trinajstić information content (AvgIpc) is 2.40. The van der Waals surface area contributed by atoms with E-state index < -0.39 is 5.67 Å². The summed E-state index contributed by atoms with van der Waals surface area (Å²) in [7, 11) is 0. The fraction of sp³-hybridized carbons (Fsp3) is 0.143. The monoisotopic (exact) mass is 233 g/mol. The number of benzene rings is 2. The fourth-order valence-corrected chi connectivity index (χ4v) is 1.82. The number of nitrogens with two attached hydrogens (primary N) is 1. The first-order chi connectivity index (χ1) is 8.16. The third-order valence-corrected chi connectivity index (χ3v) is 2.81. The minimum Gasteiger partial charge on any atom is -0.327 e. The zero-order valence-electron chi connectivity index (χ0n) is 9.24. The summed E-state index contributed by atoms with van der Waals surface area (Å²) in [4.78, 5) is 0. The molecule has 3 heteroatoms. The topological polar surface area (TPSA) is 26.0 Å². The summed E-state index contributed by atoms with van der Waals surface area (Å²) < 4.78 is 27.7. The molecule has 0 spiro atoms. The van der Waals surface area contributed by atoms with Crippen LogP contribution < -0.4 is 5.73 Å². The van der Waals surface area contributed by atoms with Crippen molar-refractivity contribution in [3.63, 3.8) is 0 Å². The van der Waals surface area contributed by atoms with E-state index in [1.165, 1.54) is 24.3 Å². The van der Waals surface area contributed by atoms with Crippen LogP contribution in [0.15, 0.2) is 54.6 Å². The van der Waals surface area contributed by atoms with E-state index in [1.807, 2.05) is 6.07 Å². The number of alkyl halides is 1. The van der Waals surface area contributed by atoms with Crippen molar-refractivity contribution in [3.8, 4) is 0 Å². The Morgan fingerprint density at radius 2 is 1.41 bits per heavy atom. The molecule has 0 aromatic heterocycles. The zero-order valence-corrected chi connectivity index (χ0v) is 9.24. The van der Waals surface area contributed by atoms with Crippen LogP contribution in [-0.2, 0) is 5.67 Å². The Hall–Kier alpha value is -1.74. The molecule has 88 valence electrons. The van der Waals surface area contributed by atoms with Gasteiger partial charge in [-0.05, 0) is 23.3 Å². The summed E-state index contributed by atoms with van der Waals surface area (Å²) >= 11 is 0. The SMILES string of the molecule is NCC(F)(c1ccccc1)c1ccc(F)cc1. The number of rotatable bonds is 3. The predicted octanol–water partition coefficient (Wildman–Crippen LogP) is 3.00. The van der Waals surface area contributed by atoms with E-state index in [9.17, 15) is 8.78 Å². The number of hydrogen-bond donors (Lipinski definition) is 1. The number of halogens is 2. The van der Waals surface area contributed by atoms with Crippen molar-refractivity contribution in [2.24, 2.45) is 5.73 Å². The van der Waals surface area contributed by atoms with Crippen LogP contribution in [0.4, 0.5) is 8.78 Å². The van der Waals surface area contributed by atoms with Crippen LogP contribution in [0.25, 0.3) is 0 Å². The second-order valence-electron chi connectivity index (χ2n) is 3.88. The Labute approximate surface area is 98.9 Å². The van der Waals surface area contributed by atoms with Gasteiger partial charge in [0.1, 0.15) is 5.82 Å². The molecular formula is C14H13F2N. The maximum atomic E-state index is 14.9. The van der Waals surface area contributed by atoms with E-state index in [0.29, 0.717) is 11.1 Å². The summed E-state index contributed by atoms with van der Waals surface area (Å²) in [6.45, 7) is -0.178. The quantitative estimate of drug-likeness (QED) is 0.866. The first kappa shape index (κ1) is 11.7. The molecule has 1 atom stereocenters. The van der Waals surface area contributed by atoms with Crippen LogP contribution in [0, 0.1) is 5.82 Å². The standard InChI is InChI=1S/C14H13F2N/c15-13-8-6-12(7-9-13)14(16,10-17)11-4-2-1-3-5-11/h1-9H,10,17H2.